The van der Waals surface area contributed by atoms with Crippen molar-refractivity contribution in [3.63, 3.8) is 0 Å². The number of aromatic nitrogens is 1. The molecular formula is C15H12N2O4. The minimum absolute atomic E-state index is 0.111. The summed E-state index contributed by atoms with van der Waals surface area (Å²) in [5, 5.41) is 10.6. The maximum atomic E-state index is 10.6. The van der Waals surface area contributed by atoms with Crippen LogP contribution in [0.3, 0.4) is 0 Å². The van der Waals surface area contributed by atoms with Crippen molar-refractivity contribution in [2.24, 2.45) is 0 Å². The summed E-state index contributed by atoms with van der Waals surface area (Å²) in [6, 6.07) is 8.62. The van der Waals surface area contributed by atoms with Crippen LogP contribution in [0.25, 0.3) is 0 Å². The van der Waals surface area contributed by atoms with Gasteiger partial charge in [-0.05, 0) is 40.9 Å². The maximum Gasteiger partial charge on any atom is 0.363 e. The predicted octanol–water partition coefficient (Wildman–Crippen LogP) is 3.21. The smallest absolute Gasteiger partial charge is 0.363 e. The largest absolute Gasteiger partial charge is 0.492 e. The van der Waals surface area contributed by atoms with E-state index in [9.17, 15) is 10.1 Å². The lowest BCUT2D eigenvalue weighted by Crippen LogP contribution is -2.08. The van der Waals surface area contributed by atoms with Crippen LogP contribution in [0.1, 0.15) is 18.4 Å². The molecular weight excluding hydrogens is 272 g/mol. The molecule has 1 aromatic carbocycles. The lowest BCUT2D eigenvalue weighted by molar-refractivity contribution is -0.389. The van der Waals surface area contributed by atoms with E-state index in [0.29, 0.717) is 12.4 Å². The van der Waals surface area contributed by atoms with Gasteiger partial charge < -0.3 is 19.6 Å². The molecule has 0 amide bonds. The van der Waals surface area contributed by atoms with Crippen LogP contribution in [0, 0.1) is 10.1 Å². The number of pyridine rings is 1. The summed E-state index contributed by atoms with van der Waals surface area (Å²) in [5.41, 5.74) is 1.23. The first-order valence-electron chi connectivity index (χ1n) is 6.73. The lowest BCUT2D eigenvalue weighted by Gasteiger charge is -2.11. The van der Waals surface area contributed by atoms with Crippen molar-refractivity contribution in [2.45, 2.75) is 18.3 Å². The second-order valence-corrected chi connectivity index (χ2v) is 5.41. The zero-order valence-corrected chi connectivity index (χ0v) is 11.1. The second kappa shape index (κ2) is 4.18. The first-order valence-corrected chi connectivity index (χ1v) is 6.73. The molecule has 2 aliphatic rings. The highest BCUT2D eigenvalue weighted by atomic mass is 16.6. The van der Waals surface area contributed by atoms with Gasteiger partial charge in [-0.3, -0.25) is 0 Å². The first kappa shape index (κ1) is 12.1. The quantitative estimate of drug-likeness (QED) is 0.639. The normalized spacial score (nSPS) is 17.1. The molecule has 0 atom stereocenters. The highest BCUT2D eigenvalue weighted by Crippen LogP contribution is 2.58. The molecule has 0 saturated heterocycles. The fourth-order valence-corrected chi connectivity index (χ4v) is 2.74. The summed E-state index contributed by atoms with van der Waals surface area (Å²) in [7, 11) is 0. The van der Waals surface area contributed by atoms with E-state index in [2.05, 4.69) is 4.98 Å². The molecule has 0 N–H and O–H groups in total. The van der Waals surface area contributed by atoms with E-state index in [0.717, 1.165) is 29.9 Å². The van der Waals surface area contributed by atoms with Crippen molar-refractivity contribution in [1.29, 1.82) is 0 Å². The molecule has 1 fully saturated rings. The van der Waals surface area contributed by atoms with Gasteiger partial charge in [0.2, 0.25) is 0 Å². The van der Waals surface area contributed by atoms with Crippen molar-refractivity contribution >= 4 is 5.82 Å². The molecule has 1 spiro atoms. The Bertz CT molecular complexity index is 723. The van der Waals surface area contributed by atoms with Crippen LogP contribution in [0.2, 0.25) is 0 Å². The summed E-state index contributed by atoms with van der Waals surface area (Å²) in [5.74, 6) is 1.91. The number of hydrogen-bond donors (Lipinski definition) is 0. The number of fused-ring (bicyclic) bond motifs is 2. The summed E-state index contributed by atoms with van der Waals surface area (Å²) in [6.45, 7) is 0.710. The van der Waals surface area contributed by atoms with E-state index < -0.39 is 4.92 Å². The second-order valence-electron chi connectivity index (χ2n) is 5.41. The summed E-state index contributed by atoms with van der Waals surface area (Å²) < 4.78 is 11.6. The molecule has 6 heteroatoms. The molecule has 21 heavy (non-hydrogen) atoms. The van der Waals surface area contributed by atoms with Gasteiger partial charge in [0, 0.05) is 17.0 Å². The number of nitrogens with zero attached hydrogens (tertiary/aromatic N) is 2. The van der Waals surface area contributed by atoms with Crippen LogP contribution < -0.4 is 9.47 Å². The third-order valence-corrected chi connectivity index (χ3v) is 4.01. The Hall–Kier alpha value is -2.63. The third kappa shape index (κ3) is 1.91. The molecule has 1 aliphatic heterocycles. The Morgan fingerprint density at radius 2 is 2.14 bits per heavy atom. The molecule has 0 radical (unpaired) electrons. The fraction of sp³-hybridized carbons (Fsp3) is 0.267. The third-order valence-electron chi connectivity index (χ3n) is 4.01. The van der Waals surface area contributed by atoms with Gasteiger partial charge in [0.05, 0.1) is 6.61 Å². The van der Waals surface area contributed by atoms with Crippen LogP contribution in [0.4, 0.5) is 5.82 Å². The van der Waals surface area contributed by atoms with Gasteiger partial charge in [0.25, 0.3) is 0 Å². The van der Waals surface area contributed by atoms with E-state index in [1.54, 1.807) is 6.07 Å². The number of ether oxygens (including phenoxy) is 2. The molecule has 1 aliphatic carbocycles. The van der Waals surface area contributed by atoms with E-state index in [1.807, 2.05) is 18.2 Å². The van der Waals surface area contributed by atoms with Crippen molar-refractivity contribution in [2.75, 3.05) is 6.61 Å². The number of rotatable bonds is 3. The zero-order chi connectivity index (χ0) is 14.4. The minimum atomic E-state index is -0.531. The molecule has 6 nitrogen and oxygen atoms in total. The molecule has 0 unspecified atom stereocenters. The van der Waals surface area contributed by atoms with E-state index >= 15 is 0 Å². The number of hydrogen-bond acceptors (Lipinski definition) is 5. The van der Waals surface area contributed by atoms with Crippen molar-refractivity contribution < 1.29 is 14.4 Å². The van der Waals surface area contributed by atoms with Crippen LogP contribution in [0.5, 0.6) is 17.2 Å². The highest BCUT2D eigenvalue weighted by molar-refractivity contribution is 5.56. The molecule has 1 aromatic heterocycles. The predicted molar refractivity (Wildman–Crippen MR) is 73.8 cm³/mol. The Morgan fingerprint density at radius 1 is 1.29 bits per heavy atom. The van der Waals surface area contributed by atoms with Crippen molar-refractivity contribution in [1.82, 2.24) is 4.98 Å². The molecule has 106 valence electrons. The summed E-state index contributed by atoms with van der Waals surface area (Å²) >= 11 is 0. The average molecular weight is 284 g/mol. The average Bonchev–Trinajstić information content (AvgIpc) is 3.16. The number of benzene rings is 1. The molecule has 4 rings (SSSR count). The first-order chi connectivity index (χ1) is 10.2. The topological polar surface area (TPSA) is 74.5 Å². The van der Waals surface area contributed by atoms with E-state index in [4.69, 9.17) is 9.47 Å². The fourth-order valence-electron chi connectivity index (χ4n) is 2.74. The molecule has 2 heterocycles. The number of nitro groups is 1. The van der Waals surface area contributed by atoms with Gasteiger partial charge in [0.15, 0.2) is 11.9 Å². The van der Waals surface area contributed by atoms with Gasteiger partial charge in [-0.15, -0.1) is 0 Å². The van der Waals surface area contributed by atoms with Crippen LogP contribution in [0.15, 0.2) is 36.5 Å². The summed E-state index contributed by atoms with van der Waals surface area (Å²) in [4.78, 5) is 13.8. The standard InChI is InChI=1S/C15H12N2O4/c18-17(19)13-5-4-10(8-16-13)21-12-3-1-2-11-14(12)15(6-7-15)9-20-11/h1-5,8H,6-7,9H2. The minimum Gasteiger partial charge on any atom is -0.492 e. The van der Waals surface area contributed by atoms with Gasteiger partial charge in [0.1, 0.15) is 11.5 Å². The highest BCUT2D eigenvalue weighted by Gasteiger charge is 2.52. The Balaban J connectivity index is 1.66. The Kier molecular flexibility index (Phi) is 2.42. The van der Waals surface area contributed by atoms with Gasteiger partial charge in [-0.25, -0.2) is 0 Å². The van der Waals surface area contributed by atoms with Gasteiger partial charge >= 0.3 is 5.82 Å². The van der Waals surface area contributed by atoms with Crippen LogP contribution in [-0.2, 0) is 5.41 Å². The van der Waals surface area contributed by atoms with Gasteiger partial charge in [-0.1, -0.05) is 6.07 Å². The Morgan fingerprint density at radius 3 is 2.81 bits per heavy atom. The molecule has 2 aromatic rings. The molecule has 0 bridgehead atoms. The van der Waals surface area contributed by atoms with Gasteiger partial charge in [-0.2, -0.15) is 0 Å². The Labute approximate surface area is 120 Å². The van der Waals surface area contributed by atoms with Crippen molar-refractivity contribution in [3.05, 3.63) is 52.2 Å². The van der Waals surface area contributed by atoms with Crippen LogP contribution in [-0.4, -0.2) is 16.5 Å². The van der Waals surface area contributed by atoms with Crippen LogP contribution >= 0.6 is 0 Å². The van der Waals surface area contributed by atoms with Crippen molar-refractivity contribution in [3.8, 4) is 17.2 Å². The van der Waals surface area contributed by atoms with E-state index in [1.165, 1.54) is 12.3 Å². The van der Waals surface area contributed by atoms with E-state index in [-0.39, 0.29) is 11.2 Å². The maximum absolute atomic E-state index is 10.6. The SMILES string of the molecule is O=[N+]([O-])c1ccc(Oc2cccc3c2C2(CC2)CO3)cn1. The molecule has 1 saturated carbocycles. The summed E-state index contributed by atoms with van der Waals surface area (Å²) in [6.07, 6.45) is 3.59. The monoisotopic (exact) mass is 284 g/mol. The lowest BCUT2D eigenvalue weighted by atomic mass is 9.97. The zero-order valence-electron chi connectivity index (χ0n) is 11.1.